The summed E-state index contributed by atoms with van der Waals surface area (Å²) in [5, 5.41) is 0. The standard InChI is InChI=1S/C8H12N2.CHF3O3S/c1-5-4-10-8(9)7(3)6(5)2;2-1(3,4)8(5,6)7/h4H,1-3H3,(H2,9,10);(H,5,6,7). The van der Waals surface area contributed by atoms with E-state index in [1.54, 1.807) is 6.20 Å². The van der Waals surface area contributed by atoms with Crippen molar-refractivity contribution in [1.29, 1.82) is 0 Å². The SMILES string of the molecule is Cc1cnc(N)c(C)c1C.O=S(=O)(O)C(F)(F)F. The number of rotatable bonds is 0. The summed E-state index contributed by atoms with van der Waals surface area (Å²) in [4.78, 5) is 4.02. The molecule has 0 saturated carbocycles. The highest BCUT2D eigenvalue weighted by atomic mass is 32.2. The molecule has 0 bridgehead atoms. The van der Waals surface area contributed by atoms with Gasteiger partial charge in [-0.15, -0.1) is 0 Å². The molecule has 0 amide bonds. The predicted octanol–water partition coefficient (Wildman–Crippen LogP) is 1.98. The molecule has 0 aliphatic carbocycles. The van der Waals surface area contributed by atoms with Crippen LogP contribution in [0.25, 0.3) is 0 Å². The third-order valence-electron chi connectivity index (χ3n) is 2.23. The maximum Gasteiger partial charge on any atom is 0.522 e. The molecule has 0 aliphatic heterocycles. The lowest BCUT2D eigenvalue weighted by Gasteiger charge is -2.04. The number of nitrogens with two attached hydrogens (primary N) is 1. The van der Waals surface area contributed by atoms with Gasteiger partial charge in [0.2, 0.25) is 0 Å². The quantitative estimate of drug-likeness (QED) is 0.562. The summed E-state index contributed by atoms with van der Waals surface area (Å²) < 4.78 is 57.5. The lowest BCUT2D eigenvalue weighted by atomic mass is 10.1. The summed E-state index contributed by atoms with van der Waals surface area (Å²) in [6.45, 7) is 6.09. The Labute approximate surface area is 103 Å². The molecule has 0 unspecified atom stereocenters. The minimum Gasteiger partial charge on any atom is -0.383 e. The number of aryl methyl sites for hydroxylation is 1. The number of anilines is 1. The molecule has 1 heterocycles. The number of nitrogen functional groups attached to an aromatic ring is 1. The third-order valence-corrected chi connectivity index (χ3v) is 2.81. The fraction of sp³-hybridized carbons (Fsp3) is 0.444. The van der Waals surface area contributed by atoms with E-state index in [0.29, 0.717) is 5.82 Å². The first-order valence-corrected chi connectivity index (χ1v) is 6.04. The van der Waals surface area contributed by atoms with Gasteiger partial charge in [-0.1, -0.05) is 0 Å². The first-order chi connectivity index (χ1) is 7.88. The Bertz CT molecular complexity index is 500. The Morgan fingerprint density at radius 1 is 1.22 bits per heavy atom. The van der Waals surface area contributed by atoms with Gasteiger partial charge in [0.15, 0.2) is 0 Å². The average molecular weight is 286 g/mol. The Kier molecular flexibility index (Phi) is 5.11. The largest absolute Gasteiger partial charge is 0.522 e. The van der Waals surface area contributed by atoms with Crippen LogP contribution < -0.4 is 5.73 Å². The van der Waals surface area contributed by atoms with Crippen LogP contribution in [0.4, 0.5) is 19.0 Å². The molecular weight excluding hydrogens is 273 g/mol. The summed E-state index contributed by atoms with van der Waals surface area (Å²) in [6, 6.07) is 0. The van der Waals surface area contributed by atoms with Gasteiger partial charge >= 0.3 is 15.6 Å². The van der Waals surface area contributed by atoms with E-state index in [1.165, 1.54) is 11.1 Å². The van der Waals surface area contributed by atoms with Gasteiger partial charge in [0.25, 0.3) is 0 Å². The Balaban J connectivity index is 0.000000331. The Morgan fingerprint density at radius 3 is 1.89 bits per heavy atom. The molecule has 1 aromatic heterocycles. The minimum atomic E-state index is -5.84. The third kappa shape index (κ3) is 4.49. The van der Waals surface area contributed by atoms with E-state index in [1.807, 2.05) is 13.8 Å². The number of pyridine rings is 1. The second-order valence-corrected chi connectivity index (χ2v) is 4.91. The molecule has 1 aromatic rings. The van der Waals surface area contributed by atoms with Crippen molar-refractivity contribution in [2.75, 3.05) is 5.73 Å². The van der Waals surface area contributed by atoms with Gasteiger partial charge in [-0.25, -0.2) is 4.98 Å². The molecule has 0 radical (unpaired) electrons. The molecule has 0 aliphatic rings. The predicted molar refractivity (Wildman–Crippen MR) is 60.5 cm³/mol. The van der Waals surface area contributed by atoms with E-state index in [-0.39, 0.29) is 0 Å². The molecule has 0 spiro atoms. The van der Waals surface area contributed by atoms with Crippen LogP contribution >= 0.6 is 0 Å². The zero-order chi connectivity index (χ0) is 14.7. The second kappa shape index (κ2) is 5.53. The van der Waals surface area contributed by atoms with E-state index in [9.17, 15) is 13.2 Å². The zero-order valence-electron chi connectivity index (χ0n) is 9.91. The fourth-order valence-electron chi connectivity index (χ4n) is 0.848. The van der Waals surface area contributed by atoms with Crippen LogP contribution in [-0.4, -0.2) is 23.5 Å². The lowest BCUT2D eigenvalue weighted by molar-refractivity contribution is -0.0510. The monoisotopic (exact) mass is 286 g/mol. The molecule has 5 nitrogen and oxygen atoms in total. The summed E-state index contributed by atoms with van der Waals surface area (Å²) in [6.07, 6.45) is 1.80. The van der Waals surface area contributed by atoms with Crippen molar-refractivity contribution in [3.05, 3.63) is 22.9 Å². The van der Waals surface area contributed by atoms with Gasteiger partial charge in [-0.2, -0.15) is 21.6 Å². The topological polar surface area (TPSA) is 93.3 Å². The van der Waals surface area contributed by atoms with Gasteiger partial charge in [0.05, 0.1) is 0 Å². The molecule has 0 aromatic carbocycles. The molecule has 0 saturated heterocycles. The van der Waals surface area contributed by atoms with Crippen LogP contribution in [0, 0.1) is 20.8 Å². The van der Waals surface area contributed by atoms with Crippen LogP contribution in [0.3, 0.4) is 0 Å². The number of alkyl halides is 3. The summed E-state index contributed by atoms with van der Waals surface area (Å²) in [5.74, 6) is 0.642. The van der Waals surface area contributed by atoms with E-state index in [0.717, 1.165) is 5.56 Å². The first kappa shape index (κ1) is 16.6. The van der Waals surface area contributed by atoms with E-state index in [4.69, 9.17) is 18.7 Å². The van der Waals surface area contributed by atoms with Crippen molar-refractivity contribution in [2.45, 2.75) is 26.3 Å². The van der Waals surface area contributed by atoms with Gasteiger partial charge < -0.3 is 5.73 Å². The number of hydrogen-bond donors (Lipinski definition) is 2. The molecule has 1 rings (SSSR count). The van der Waals surface area contributed by atoms with Crippen molar-refractivity contribution >= 4 is 15.9 Å². The Morgan fingerprint density at radius 2 is 1.61 bits per heavy atom. The van der Waals surface area contributed by atoms with Gasteiger partial charge in [-0.3, -0.25) is 4.55 Å². The van der Waals surface area contributed by atoms with Crippen molar-refractivity contribution in [3.63, 3.8) is 0 Å². The molecule has 18 heavy (non-hydrogen) atoms. The first-order valence-electron chi connectivity index (χ1n) is 4.60. The number of halogens is 3. The van der Waals surface area contributed by atoms with Crippen molar-refractivity contribution < 1.29 is 26.1 Å². The normalized spacial score (nSPS) is 11.7. The van der Waals surface area contributed by atoms with Crippen molar-refractivity contribution in [1.82, 2.24) is 4.98 Å². The highest BCUT2D eigenvalue weighted by Crippen LogP contribution is 2.20. The van der Waals surface area contributed by atoms with Crippen LogP contribution in [0.15, 0.2) is 6.20 Å². The van der Waals surface area contributed by atoms with Crippen molar-refractivity contribution in [2.24, 2.45) is 0 Å². The second-order valence-electron chi connectivity index (χ2n) is 3.50. The van der Waals surface area contributed by atoms with Crippen LogP contribution in [0.5, 0.6) is 0 Å². The summed E-state index contributed by atoms with van der Waals surface area (Å²) in [7, 11) is -5.84. The highest BCUT2D eigenvalue weighted by molar-refractivity contribution is 7.86. The lowest BCUT2D eigenvalue weighted by Crippen LogP contribution is -2.21. The number of nitrogens with zero attached hydrogens (tertiary/aromatic N) is 1. The van der Waals surface area contributed by atoms with Crippen molar-refractivity contribution in [3.8, 4) is 0 Å². The van der Waals surface area contributed by atoms with Gasteiger partial charge in [0.1, 0.15) is 5.82 Å². The van der Waals surface area contributed by atoms with Crippen LogP contribution in [-0.2, 0) is 10.1 Å². The zero-order valence-corrected chi connectivity index (χ0v) is 10.7. The van der Waals surface area contributed by atoms with Gasteiger partial charge in [-0.05, 0) is 37.5 Å². The van der Waals surface area contributed by atoms with E-state index >= 15 is 0 Å². The summed E-state index contributed by atoms with van der Waals surface area (Å²) >= 11 is 0. The van der Waals surface area contributed by atoms with Crippen LogP contribution in [0.1, 0.15) is 16.7 Å². The highest BCUT2D eigenvalue weighted by Gasteiger charge is 2.44. The molecule has 9 heteroatoms. The fourth-order valence-corrected chi connectivity index (χ4v) is 0.848. The van der Waals surface area contributed by atoms with Gasteiger partial charge in [0, 0.05) is 6.20 Å². The van der Waals surface area contributed by atoms with Crippen LogP contribution in [0.2, 0.25) is 0 Å². The maximum atomic E-state index is 10.7. The number of hydrogen-bond acceptors (Lipinski definition) is 4. The van der Waals surface area contributed by atoms with E-state index < -0.39 is 15.6 Å². The average Bonchev–Trinajstić information content (AvgIpc) is 2.19. The molecule has 3 N–H and O–H groups in total. The smallest absolute Gasteiger partial charge is 0.383 e. The van der Waals surface area contributed by atoms with E-state index in [2.05, 4.69) is 11.9 Å². The molecular formula is C9H13F3N2O3S. The molecule has 104 valence electrons. The molecule has 0 fully saturated rings. The minimum absolute atomic E-state index is 0.642. The number of aromatic nitrogens is 1. The summed E-state index contributed by atoms with van der Waals surface area (Å²) in [5.41, 5.74) is 3.58. The maximum absolute atomic E-state index is 10.7. The Hall–Kier alpha value is -1.35. The molecule has 0 atom stereocenters.